The van der Waals surface area contributed by atoms with E-state index < -0.39 is 0 Å². The first kappa shape index (κ1) is 14.2. The van der Waals surface area contributed by atoms with Crippen molar-refractivity contribution >= 4 is 11.6 Å². The van der Waals surface area contributed by atoms with Gasteiger partial charge in [-0.1, -0.05) is 36.4 Å². The number of aryl methyl sites for hydroxylation is 1. The Labute approximate surface area is 129 Å². The van der Waals surface area contributed by atoms with Crippen LogP contribution < -0.4 is 9.64 Å². The molecule has 3 rings (SSSR count). The standard InChI is InChI=1S/C18H16N2O2/c19-10-11-20-17-12-16(8-6-15(17)7-9-18(20)21)22-13-14-4-2-1-3-5-14/h1-6,8,12H,7,9,11,13H2. The van der Waals surface area contributed by atoms with Gasteiger partial charge in [0, 0.05) is 12.5 Å². The smallest absolute Gasteiger partial charge is 0.228 e. The summed E-state index contributed by atoms with van der Waals surface area (Å²) in [6.07, 6.45) is 1.17. The summed E-state index contributed by atoms with van der Waals surface area (Å²) in [5.74, 6) is 0.703. The maximum Gasteiger partial charge on any atom is 0.228 e. The van der Waals surface area contributed by atoms with Crippen molar-refractivity contribution in [2.75, 3.05) is 11.4 Å². The minimum Gasteiger partial charge on any atom is -0.489 e. The molecule has 0 unspecified atom stereocenters. The average molecular weight is 292 g/mol. The molecule has 0 saturated heterocycles. The summed E-state index contributed by atoms with van der Waals surface area (Å²) in [6.45, 7) is 0.555. The summed E-state index contributed by atoms with van der Waals surface area (Å²) in [5.41, 5.74) is 2.97. The van der Waals surface area contributed by atoms with Crippen molar-refractivity contribution in [3.05, 3.63) is 59.7 Å². The number of rotatable bonds is 4. The van der Waals surface area contributed by atoms with Crippen molar-refractivity contribution in [3.63, 3.8) is 0 Å². The van der Waals surface area contributed by atoms with Crippen LogP contribution in [0.4, 0.5) is 5.69 Å². The van der Waals surface area contributed by atoms with E-state index in [9.17, 15) is 4.79 Å². The fourth-order valence-corrected chi connectivity index (χ4v) is 2.59. The molecule has 0 aromatic heterocycles. The highest BCUT2D eigenvalue weighted by molar-refractivity contribution is 5.97. The monoisotopic (exact) mass is 292 g/mol. The predicted octanol–water partition coefficient (Wildman–Crippen LogP) is 3.07. The van der Waals surface area contributed by atoms with Gasteiger partial charge in [0.1, 0.15) is 18.9 Å². The van der Waals surface area contributed by atoms with E-state index in [0.29, 0.717) is 18.8 Å². The van der Waals surface area contributed by atoms with Crippen molar-refractivity contribution < 1.29 is 9.53 Å². The Morgan fingerprint density at radius 2 is 1.95 bits per heavy atom. The van der Waals surface area contributed by atoms with E-state index in [1.807, 2.05) is 48.5 Å². The van der Waals surface area contributed by atoms with Gasteiger partial charge in [-0.2, -0.15) is 5.26 Å². The minimum atomic E-state index is -0.00532. The van der Waals surface area contributed by atoms with E-state index in [-0.39, 0.29) is 12.5 Å². The highest BCUT2D eigenvalue weighted by atomic mass is 16.5. The molecule has 0 saturated carbocycles. The number of hydrogen-bond acceptors (Lipinski definition) is 3. The Hall–Kier alpha value is -2.80. The van der Waals surface area contributed by atoms with Gasteiger partial charge in [-0.3, -0.25) is 9.69 Å². The zero-order valence-corrected chi connectivity index (χ0v) is 12.2. The number of ether oxygens (including phenoxy) is 1. The molecule has 1 aliphatic rings. The van der Waals surface area contributed by atoms with Gasteiger partial charge in [-0.25, -0.2) is 0 Å². The topological polar surface area (TPSA) is 53.3 Å². The number of carbonyl (C=O) groups is 1. The molecule has 110 valence electrons. The fraction of sp³-hybridized carbons (Fsp3) is 0.222. The molecule has 1 amide bonds. The van der Waals surface area contributed by atoms with E-state index in [2.05, 4.69) is 6.07 Å². The number of fused-ring (bicyclic) bond motifs is 1. The van der Waals surface area contributed by atoms with Crippen LogP contribution in [-0.4, -0.2) is 12.5 Å². The lowest BCUT2D eigenvalue weighted by Crippen LogP contribution is -2.35. The highest BCUT2D eigenvalue weighted by Gasteiger charge is 2.24. The zero-order chi connectivity index (χ0) is 15.4. The Kier molecular flexibility index (Phi) is 4.06. The van der Waals surface area contributed by atoms with Gasteiger partial charge in [0.05, 0.1) is 11.8 Å². The van der Waals surface area contributed by atoms with Crippen molar-refractivity contribution in [1.29, 1.82) is 5.26 Å². The number of benzene rings is 2. The highest BCUT2D eigenvalue weighted by Crippen LogP contribution is 2.31. The van der Waals surface area contributed by atoms with Crippen molar-refractivity contribution in [2.45, 2.75) is 19.4 Å². The number of hydrogen-bond donors (Lipinski definition) is 0. The van der Waals surface area contributed by atoms with Gasteiger partial charge in [-0.15, -0.1) is 0 Å². The fourth-order valence-electron chi connectivity index (χ4n) is 2.59. The first-order valence-corrected chi connectivity index (χ1v) is 7.25. The number of nitrogens with zero attached hydrogens (tertiary/aromatic N) is 2. The van der Waals surface area contributed by atoms with Gasteiger partial charge in [0.15, 0.2) is 0 Å². The van der Waals surface area contributed by atoms with E-state index in [1.165, 1.54) is 4.90 Å². The van der Waals surface area contributed by atoms with Crippen LogP contribution in [0.2, 0.25) is 0 Å². The largest absolute Gasteiger partial charge is 0.489 e. The summed E-state index contributed by atoms with van der Waals surface area (Å²) >= 11 is 0. The molecule has 0 atom stereocenters. The van der Waals surface area contributed by atoms with Gasteiger partial charge in [0.25, 0.3) is 0 Å². The normalized spacial score (nSPS) is 13.4. The first-order chi connectivity index (χ1) is 10.8. The predicted molar refractivity (Wildman–Crippen MR) is 83.5 cm³/mol. The van der Waals surface area contributed by atoms with Crippen molar-refractivity contribution in [1.82, 2.24) is 0 Å². The molecule has 0 aliphatic carbocycles. The number of amides is 1. The minimum absolute atomic E-state index is 0.00532. The van der Waals surface area contributed by atoms with Gasteiger partial charge < -0.3 is 4.74 Å². The quantitative estimate of drug-likeness (QED) is 0.814. The molecule has 2 aromatic rings. The number of carbonyl (C=O) groups excluding carboxylic acids is 1. The lowest BCUT2D eigenvalue weighted by molar-refractivity contribution is -0.118. The van der Waals surface area contributed by atoms with Crippen LogP contribution in [0.5, 0.6) is 5.75 Å². The molecule has 0 fully saturated rings. The summed E-state index contributed by atoms with van der Waals surface area (Å²) in [6, 6.07) is 17.7. The third-order valence-corrected chi connectivity index (χ3v) is 3.73. The second-order valence-electron chi connectivity index (χ2n) is 5.20. The third-order valence-electron chi connectivity index (χ3n) is 3.73. The van der Waals surface area contributed by atoms with Gasteiger partial charge >= 0.3 is 0 Å². The maximum absolute atomic E-state index is 12.0. The number of nitriles is 1. The molecular formula is C18H16N2O2. The molecule has 0 bridgehead atoms. The van der Waals surface area contributed by atoms with Gasteiger partial charge in [-0.05, 0) is 23.6 Å². The van der Waals surface area contributed by atoms with E-state index >= 15 is 0 Å². The summed E-state index contributed by atoms with van der Waals surface area (Å²) < 4.78 is 5.80. The number of anilines is 1. The van der Waals surface area contributed by atoms with E-state index in [1.54, 1.807) is 0 Å². The molecular weight excluding hydrogens is 276 g/mol. The van der Waals surface area contributed by atoms with Crippen LogP contribution in [0, 0.1) is 11.3 Å². The summed E-state index contributed by atoms with van der Waals surface area (Å²) in [7, 11) is 0. The van der Waals surface area contributed by atoms with Crippen molar-refractivity contribution in [3.8, 4) is 11.8 Å². The molecule has 0 radical (unpaired) electrons. The van der Waals surface area contributed by atoms with Crippen LogP contribution in [0.3, 0.4) is 0 Å². The van der Waals surface area contributed by atoms with Crippen molar-refractivity contribution in [2.24, 2.45) is 0 Å². The second kappa shape index (κ2) is 6.31. The molecule has 0 spiro atoms. The molecule has 0 N–H and O–H groups in total. The van der Waals surface area contributed by atoms with Crippen LogP contribution in [0.25, 0.3) is 0 Å². The molecule has 1 heterocycles. The third kappa shape index (κ3) is 2.94. The summed E-state index contributed by atoms with van der Waals surface area (Å²) in [4.78, 5) is 13.5. The van der Waals surface area contributed by atoms with Gasteiger partial charge in [0.2, 0.25) is 5.91 Å². The van der Waals surface area contributed by atoms with E-state index in [4.69, 9.17) is 10.00 Å². The SMILES string of the molecule is N#CCN1C(=O)CCc2ccc(OCc3ccccc3)cc21. The summed E-state index contributed by atoms with van der Waals surface area (Å²) in [5, 5.41) is 8.91. The lowest BCUT2D eigenvalue weighted by atomic mass is 10.0. The van der Waals surface area contributed by atoms with Crippen LogP contribution in [0.15, 0.2) is 48.5 Å². The Balaban J connectivity index is 1.80. The van der Waals surface area contributed by atoms with Crippen LogP contribution >= 0.6 is 0 Å². The Bertz CT molecular complexity index is 720. The Morgan fingerprint density at radius 3 is 2.73 bits per heavy atom. The van der Waals surface area contributed by atoms with Crippen LogP contribution in [0.1, 0.15) is 17.5 Å². The molecule has 4 heteroatoms. The van der Waals surface area contributed by atoms with E-state index in [0.717, 1.165) is 23.2 Å². The maximum atomic E-state index is 12.0. The Morgan fingerprint density at radius 1 is 1.14 bits per heavy atom. The second-order valence-corrected chi connectivity index (χ2v) is 5.20. The average Bonchev–Trinajstić information content (AvgIpc) is 2.56. The molecule has 1 aliphatic heterocycles. The lowest BCUT2D eigenvalue weighted by Gasteiger charge is -2.27. The molecule has 22 heavy (non-hydrogen) atoms. The van der Waals surface area contributed by atoms with Crippen LogP contribution in [-0.2, 0) is 17.8 Å². The first-order valence-electron chi connectivity index (χ1n) is 7.25. The molecule has 4 nitrogen and oxygen atoms in total. The molecule has 2 aromatic carbocycles. The zero-order valence-electron chi connectivity index (χ0n) is 12.2.